The van der Waals surface area contributed by atoms with Gasteiger partial charge >= 0.3 is 48.9 Å². The zero-order valence-electron chi connectivity index (χ0n) is 18.3. The molecule has 2 amide bonds. The molecule has 0 bridgehead atoms. The van der Waals surface area contributed by atoms with Crippen LogP contribution in [-0.2, 0) is 19.2 Å². The molecule has 31 heavy (non-hydrogen) atoms. The summed E-state index contributed by atoms with van der Waals surface area (Å²) in [5.74, 6) is -3.94. The Labute approximate surface area is 221 Å². The van der Waals surface area contributed by atoms with Crippen LogP contribution in [0, 0.1) is 10.8 Å². The number of carbonyl (C=O) groups excluding carboxylic acids is 4. The molecule has 0 heterocycles. The molecule has 0 aliphatic rings. The van der Waals surface area contributed by atoms with Gasteiger partial charge in [0, 0.05) is 48.7 Å². The Morgan fingerprint density at radius 1 is 0.742 bits per heavy atom. The Morgan fingerprint density at radius 2 is 1.00 bits per heavy atom. The van der Waals surface area contributed by atoms with Gasteiger partial charge in [0.05, 0.1) is 13.2 Å². The average Bonchev–Trinajstić information content (AvgIpc) is 2.66. The molecular weight excluding hydrogens is 542 g/mol. The molecular formula is C18H32BaN2O10. The first kappa shape index (κ1) is 34.9. The Kier molecular flexibility index (Phi) is 19.0. The normalized spacial score (nSPS) is 12.9. The fraction of sp³-hybridized carbons (Fsp3) is 0.778. The van der Waals surface area contributed by atoms with Gasteiger partial charge in [-0.3, -0.25) is 9.59 Å². The number of carboxylic acids is 2. The van der Waals surface area contributed by atoms with Gasteiger partial charge in [-0.2, -0.15) is 0 Å². The zero-order chi connectivity index (χ0) is 24.1. The summed E-state index contributed by atoms with van der Waals surface area (Å²) in [7, 11) is 0. The monoisotopic (exact) mass is 574 g/mol. The summed E-state index contributed by atoms with van der Waals surface area (Å²) in [6, 6.07) is 0. The van der Waals surface area contributed by atoms with Gasteiger partial charge in [0.15, 0.2) is 0 Å². The van der Waals surface area contributed by atoms with E-state index in [4.69, 9.17) is 10.2 Å². The quantitative estimate of drug-likeness (QED) is 0.122. The molecule has 2 unspecified atom stereocenters. The van der Waals surface area contributed by atoms with Gasteiger partial charge in [-0.25, -0.2) is 0 Å². The number of aliphatic hydroxyl groups excluding tert-OH is 4. The second kappa shape index (κ2) is 16.9. The van der Waals surface area contributed by atoms with Gasteiger partial charge in [-0.1, -0.05) is 27.7 Å². The van der Waals surface area contributed by atoms with E-state index in [0.717, 1.165) is 0 Å². The summed E-state index contributed by atoms with van der Waals surface area (Å²) in [5, 5.41) is 61.3. The number of nitrogens with one attached hydrogen (secondary N) is 2. The minimum absolute atomic E-state index is 0. The van der Waals surface area contributed by atoms with Crippen LogP contribution in [0.25, 0.3) is 0 Å². The van der Waals surface area contributed by atoms with Crippen LogP contribution in [0.1, 0.15) is 40.5 Å². The van der Waals surface area contributed by atoms with E-state index in [9.17, 15) is 39.6 Å². The Hall–Kier alpha value is -0.709. The first-order valence-electron chi connectivity index (χ1n) is 9.15. The molecule has 12 nitrogen and oxygen atoms in total. The minimum atomic E-state index is -1.37. The Bertz CT molecular complexity index is 534. The van der Waals surface area contributed by atoms with Gasteiger partial charge in [-0.05, 0) is 0 Å². The Morgan fingerprint density at radius 3 is 1.19 bits per heavy atom. The topological polar surface area (TPSA) is 219 Å². The maximum atomic E-state index is 11.2. The number of aliphatic hydroxyl groups is 4. The molecule has 0 aliphatic carbocycles. The fourth-order valence-electron chi connectivity index (χ4n) is 1.65. The predicted octanol–water partition coefficient (Wildman–Crippen LogP) is -5.14. The maximum absolute atomic E-state index is 11.2. The minimum Gasteiger partial charge on any atom is -0.550 e. The number of amides is 2. The molecule has 13 heteroatoms. The molecule has 6 N–H and O–H groups in total. The van der Waals surface area contributed by atoms with Crippen molar-refractivity contribution in [1.29, 1.82) is 0 Å². The van der Waals surface area contributed by atoms with Crippen molar-refractivity contribution >= 4 is 72.6 Å². The first-order valence-corrected chi connectivity index (χ1v) is 9.15. The molecule has 2 atom stereocenters. The molecule has 0 aromatic carbocycles. The molecule has 0 aliphatic heterocycles. The molecule has 0 aromatic rings. The van der Waals surface area contributed by atoms with Crippen LogP contribution in [0.4, 0.5) is 0 Å². The number of aliphatic carboxylic acids is 2. The van der Waals surface area contributed by atoms with Crippen LogP contribution >= 0.6 is 0 Å². The number of rotatable bonds is 12. The van der Waals surface area contributed by atoms with Crippen molar-refractivity contribution in [2.45, 2.75) is 52.7 Å². The molecule has 0 aromatic heterocycles. The third-order valence-corrected chi connectivity index (χ3v) is 4.05. The average molecular weight is 574 g/mol. The Balaban J connectivity index is -0.000000490. The second-order valence-corrected chi connectivity index (χ2v) is 7.92. The third-order valence-electron chi connectivity index (χ3n) is 4.05. The third kappa shape index (κ3) is 15.7. The molecule has 0 fully saturated rings. The smallest absolute Gasteiger partial charge is 0.550 e. The summed E-state index contributed by atoms with van der Waals surface area (Å²) < 4.78 is 0. The molecule has 0 radical (unpaired) electrons. The van der Waals surface area contributed by atoms with E-state index in [1.165, 1.54) is 27.7 Å². The predicted molar refractivity (Wildman–Crippen MR) is 105 cm³/mol. The van der Waals surface area contributed by atoms with Crippen molar-refractivity contribution in [2.75, 3.05) is 26.3 Å². The zero-order valence-corrected chi connectivity index (χ0v) is 22.8. The van der Waals surface area contributed by atoms with E-state index in [0.29, 0.717) is 0 Å². The maximum Gasteiger partial charge on any atom is 2.00 e. The van der Waals surface area contributed by atoms with Crippen molar-refractivity contribution in [3.8, 4) is 0 Å². The second-order valence-electron chi connectivity index (χ2n) is 7.92. The standard InChI is InChI=1S/2C9H17NO5.Ba/c2*1-9(2,5-11)7(14)8(15)10-4-3-6(12)13;/h2*7,11,14H,3-5H2,1-2H3,(H,10,15)(H,12,13);/q;;+2/p-2. The van der Waals surface area contributed by atoms with Crippen molar-refractivity contribution in [3.63, 3.8) is 0 Å². The van der Waals surface area contributed by atoms with Crippen LogP contribution < -0.4 is 20.8 Å². The molecule has 0 saturated heterocycles. The molecule has 0 rings (SSSR count). The SMILES string of the molecule is CC(C)(CO)C(O)C(=O)NCCC(=O)[O-].CC(C)(CO)C(O)C(=O)NCCC(=O)[O-].[Ba+2]. The van der Waals surface area contributed by atoms with Crippen molar-refractivity contribution < 1.29 is 49.8 Å². The summed E-state index contributed by atoms with van der Waals surface area (Å²) in [5.41, 5.74) is -1.91. The van der Waals surface area contributed by atoms with E-state index >= 15 is 0 Å². The summed E-state index contributed by atoms with van der Waals surface area (Å²) in [6.07, 6.45) is -3.36. The van der Waals surface area contributed by atoms with Gasteiger partial charge in [0.1, 0.15) is 12.2 Å². The fourth-order valence-corrected chi connectivity index (χ4v) is 1.65. The van der Waals surface area contributed by atoms with E-state index in [1.807, 2.05) is 0 Å². The summed E-state index contributed by atoms with van der Waals surface area (Å²) >= 11 is 0. The van der Waals surface area contributed by atoms with Gasteiger partial charge in [0.25, 0.3) is 0 Å². The molecule has 176 valence electrons. The van der Waals surface area contributed by atoms with Crippen LogP contribution in [0.3, 0.4) is 0 Å². The van der Waals surface area contributed by atoms with Crippen molar-refractivity contribution in [2.24, 2.45) is 10.8 Å². The van der Waals surface area contributed by atoms with Crippen LogP contribution in [0.5, 0.6) is 0 Å². The van der Waals surface area contributed by atoms with E-state index < -0.39 is 46.8 Å². The van der Waals surface area contributed by atoms with Gasteiger partial charge < -0.3 is 50.9 Å². The van der Waals surface area contributed by atoms with Crippen LogP contribution in [0.2, 0.25) is 0 Å². The van der Waals surface area contributed by atoms with Crippen molar-refractivity contribution in [3.05, 3.63) is 0 Å². The van der Waals surface area contributed by atoms with E-state index in [1.54, 1.807) is 0 Å². The molecule has 0 spiro atoms. The number of hydrogen-bond donors (Lipinski definition) is 6. The largest absolute Gasteiger partial charge is 2.00 e. The van der Waals surface area contributed by atoms with Gasteiger partial charge in [0.2, 0.25) is 11.8 Å². The number of carboxylic acid groups (broad SMARTS) is 2. The summed E-state index contributed by atoms with van der Waals surface area (Å²) in [6.45, 7) is 5.21. The van der Waals surface area contributed by atoms with Crippen LogP contribution in [0.15, 0.2) is 0 Å². The molecule has 0 saturated carbocycles. The van der Waals surface area contributed by atoms with Crippen LogP contribution in [-0.4, -0.2) is 132 Å². The number of hydrogen-bond acceptors (Lipinski definition) is 10. The first-order chi connectivity index (χ1) is 13.6. The summed E-state index contributed by atoms with van der Waals surface area (Å²) in [4.78, 5) is 42.6. The van der Waals surface area contributed by atoms with E-state index in [2.05, 4.69) is 10.6 Å². The number of carbonyl (C=O) groups is 4. The van der Waals surface area contributed by atoms with Crippen molar-refractivity contribution in [1.82, 2.24) is 10.6 Å². The van der Waals surface area contributed by atoms with Gasteiger partial charge in [-0.15, -0.1) is 0 Å². The van der Waals surface area contributed by atoms with E-state index in [-0.39, 0.29) is 88.0 Å².